The van der Waals surface area contributed by atoms with Gasteiger partial charge in [0.25, 0.3) is 0 Å². The first-order chi connectivity index (χ1) is 12.4. The Hall–Kier alpha value is -1.71. The summed E-state index contributed by atoms with van der Waals surface area (Å²) in [5, 5.41) is 6.45. The summed E-state index contributed by atoms with van der Waals surface area (Å²) in [4.78, 5) is 19.3. The van der Waals surface area contributed by atoms with Crippen molar-refractivity contribution in [2.75, 3.05) is 39.3 Å². The van der Waals surface area contributed by atoms with Crippen LogP contribution in [0.25, 0.3) is 0 Å². The van der Waals surface area contributed by atoms with Gasteiger partial charge < -0.3 is 20.3 Å². The Labute approximate surface area is 158 Å². The minimum Gasteiger partial charge on any atom is -0.444 e. The van der Waals surface area contributed by atoms with Gasteiger partial charge in [0.05, 0.1) is 12.6 Å². The molecule has 0 aromatic heterocycles. The van der Waals surface area contributed by atoms with E-state index in [1.54, 1.807) is 4.90 Å². The lowest BCUT2D eigenvalue weighted by Gasteiger charge is -2.40. The van der Waals surface area contributed by atoms with Crippen LogP contribution in [0.1, 0.15) is 34.1 Å². The Morgan fingerprint density at radius 3 is 2.33 bits per heavy atom. The maximum Gasteiger partial charge on any atom is 0.410 e. The maximum absolute atomic E-state index is 12.5. The molecule has 0 radical (unpaired) electrons. The number of ether oxygens (including phenoxy) is 1. The van der Waals surface area contributed by atoms with E-state index in [-0.39, 0.29) is 18.2 Å². The van der Waals surface area contributed by atoms with Crippen molar-refractivity contribution >= 4 is 12.1 Å². The molecular weight excluding hydrogens is 363 g/mol. The van der Waals surface area contributed by atoms with E-state index in [4.69, 9.17) is 4.74 Å². The molecule has 0 saturated carbocycles. The molecule has 156 valence electrons. The van der Waals surface area contributed by atoms with Crippen LogP contribution in [-0.4, -0.2) is 85.0 Å². The van der Waals surface area contributed by atoms with Crippen molar-refractivity contribution in [2.45, 2.75) is 58.0 Å². The molecule has 2 fully saturated rings. The number of hydrogen-bond acceptors (Lipinski definition) is 4. The first kappa shape index (κ1) is 21.6. The van der Waals surface area contributed by atoms with Gasteiger partial charge in [-0.1, -0.05) is 0 Å². The van der Waals surface area contributed by atoms with E-state index >= 15 is 0 Å². The minimum absolute atomic E-state index is 0.0444. The number of likely N-dealkylation sites (tertiary alicyclic amines) is 2. The third-order valence-corrected chi connectivity index (χ3v) is 4.21. The summed E-state index contributed by atoms with van der Waals surface area (Å²) < 4.78 is 42.8. The zero-order valence-electron chi connectivity index (χ0n) is 16.4. The summed E-state index contributed by atoms with van der Waals surface area (Å²) >= 11 is 0. The van der Waals surface area contributed by atoms with Crippen molar-refractivity contribution in [1.82, 2.24) is 20.4 Å². The number of guanidine groups is 1. The number of aliphatic imine (C=N–C) groups is 1. The van der Waals surface area contributed by atoms with E-state index in [1.165, 1.54) is 4.90 Å². The van der Waals surface area contributed by atoms with Gasteiger partial charge in [-0.2, -0.15) is 13.2 Å². The SMILES string of the molecule is CCN=C(NC1CCN(CC(F)(F)F)C1)NC1CN(C(=O)OC(C)(C)C)C1. The molecule has 2 saturated heterocycles. The standard InChI is InChI=1S/C17H30F3N5O2/c1-5-21-14(22-12-6-7-24(8-12)11-17(18,19)20)23-13-9-25(10-13)15(26)27-16(2,3)4/h12-13H,5-11H2,1-4H3,(H2,21,22,23). The Morgan fingerprint density at radius 1 is 1.15 bits per heavy atom. The number of carbonyl (C=O) groups excluding carboxylic acids is 1. The molecule has 2 heterocycles. The number of carbonyl (C=O) groups is 1. The molecule has 10 heteroatoms. The van der Waals surface area contributed by atoms with Crippen molar-refractivity contribution in [1.29, 1.82) is 0 Å². The van der Waals surface area contributed by atoms with Crippen LogP contribution in [0.4, 0.5) is 18.0 Å². The molecule has 2 rings (SSSR count). The van der Waals surface area contributed by atoms with Crippen LogP contribution >= 0.6 is 0 Å². The summed E-state index contributed by atoms with van der Waals surface area (Å²) in [5.41, 5.74) is -0.531. The zero-order chi connectivity index (χ0) is 20.2. The summed E-state index contributed by atoms with van der Waals surface area (Å²) in [6, 6.07) is -0.0322. The lowest BCUT2D eigenvalue weighted by atomic mass is 10.1. The highest BCUT2D eigenvalue weighted by Crippen LogP contribution is 2.20. The van der Waals surface area contributed by atoms with Crippen LogP contribution in [0, 0.1) is 0 Å². The molecule has 0 bridgehead atoms. The molecule has 7 nitrogen and oxygen atoms in total. The summed E-state index contributed by atoms with van der Waals surface area (Å²) in [7, 11) is 0. The second-order valence-electron chi connectivity index (χ2n) is 8.03. The molecule has 0 spiro atoms. The van der Waals surface area contributed by atoms with Crippen molar-refractivity contribution in [3.8, 4) is 0 Å². The van der Waals surface area contributed by atoms with Crippen molar-refractivity contribution < 1.29 is 22.7 Å². The average molecular weight is 393 g/mol. The molecule has 27 heavy (non-hydrogen) atoms. The number of nitrogens with zero attached hydrogens (tertiary/aromatic N) is 3. The molecule has 1 amide bonds. The highest BCUT2D eigenvalue weighted by molar-refractivity contribution is 5.81. The molecular formula is C17H30F3N5O2. The van der Waals surface area contributed by atoms with E-state index in [2.05, 4.69) is 15.6 Å². The summed E-state index contributed by atoms with van der Waals surface area (Å²) in [5.74, 6) is 0.574. The minimum atomic E-state index is -4.18. The fraction of sp³-hybridized carbons (Fsp3) is 0.882. The Kier molecular flexibility index (Phi) is 6.82. The first-order valence-electron chi connectivity index (χ1n) is 9.29. The van der Waals surface area contributed by atoms with Crippen LogP contribution < -0.4 is 10.6 Å². The molecule has 1 atom stereocenters. The highest BCUT2D eigenvalue weighted by atomic mass is 19.4. The zero-order valence-corrected chi connectivity index (χ0v) is 16.4. The predicted molar refractivity (Wildman–Crippen MR) is 96.7 cm³/mol. The lowest BCUT2D eigenvalue weighted by Crippen LogP contribution is -2.63. The lowest BCUT2D eigenvalue weighted by molar-refractivity contribution is -0.143. The van der Waals surface area contributed by atoms with Crippen LogP contribution in [0.15, 0.2) is 4.99 Å². The van der Waals surface area contributed by atoms with Crippen LogP contribution in [0.3, 0.4) is 0 Å². The second kappa shape index (κ2) is 8.53. The molecule has 2 aliphatic rings. The van der Waals surface area contributed by atoms with Crippen LogP contribution in [0.2, 0.25) is 0 Å². The molecule has 2 aliphatic heterocycles. The Morgan fingerprint density at radius 2 is 1.78 bits per heavy atom. The van der Waals surface area contributed by atoms with Crippen molar-refractivity contribution in [3.05, 3.63) is 0 Å². The van der Waals surface area contributed by atoms with Gasteiger partial charge in [-0.25, -0.2) is 4.79 Å². The second-order valence-corrected chi connectivity index (χ2v) is 8.03. The van der Waals surface area contributed by atoms with Gasteiger partial charge in [0.15, 0.2) is 5.96 Å². The van der Waals surface area contributed by atoms with Crippen molar-refractivity contribution in [2.24, 2.45) is 4.99 Å². The van der Waals surface area contributed by atoms with Gasteiger partial charge in [-0.05, 0) is 34.1 Å². The number of rotatable bonds is 4. The van der Waals surface area contributed by atoms with E-state index < -0.39 is 18.3 Å². The van der Waals surface area contributed by atoms with Gasteiger partial charge in [-0.3, -0.25) is 9.89 Å². The maximum atomic E-state index is 12.5. The summed E-state index contributed by atoms with van der Waals surface area (Å²) in [6.45, 7) is 8.77. The fourth-order valence-corrected chi connectivity index (χ4v) is 3.07. The third-order valence-electron chi connectivity index (χ3n) is 4.21. The highest BCUT2D eigenvalue weighted by Gasteiger charge is 2.36. The summed E-state index contributed by atoms with van der Waals surface area (Å²) in [6.07, 6.45) is -3.89. The first-order valence-corrected chi connectivity index (χ1v) is 9.29. The molecule has 0 aromatic rings. The average Bonchev–Trinajstić information content (AvgIpc) is 2.85. The smallest absolute Gasteiger partial charge is 0.410 e. The molecule has 0 aromatic carbocycles. The predicted octanol–water partition coefficient (Wildman–Crippen LogP) is 1.80. The number of nitrogens with one attached hydrogen (secondary N) is 2. The monoisotopic (exact) mass is 393 g/mol. The Balaban J connectivity index is 1.76. The Bertz CT molecular complexity index is 542. The fourth-order valence-electron chi connectivity index (χ4n) is 3.07. The van der Waals surface area contributed by atoms with Crippen LogP contribution in [0.5, 0.6) is 0 Å². The quantitative estimate of drug-likeness (QED) is 0.563. The number of alkyl halides is 3. The molecule has 2 N–H and O–H groups in total. The van der Waals surface area contributed by atoms with E-state index in [1.807, 2.05) is 27.7 Å². The third kappa shape index (κ3) is 7.43. The topological polar surface area (TPSA) is 69.2 Å². The molecule has 0 aliphatic carbocycles. The van der Waals surface area contributed by atoms with Crippen molar-refractivity contribution in [3.63, 3.8) is 0 Å². The van der Waals surface area contributed by atoms with Gasteiger partial charge in [0.1, 0.15) is 5.60 Å². The van der Waals surface area contributed by atoms with Gasteiger partial charge in [-0.15, -0.1) is 0 Å². The van der Waals surface area contributed by atoms with E-state index in [9.17, 15) is 18.0 Å². The number of hydrogen-bond donors (Lipinski definition) is 2. The van der Waals surface area contributed by atoms with E-state index in [0.29, 0.717) is 45.1 Å². The van der Waals surface area contributed by atoms with E-state index in [0.717, 1.165) is 0 Å². The number of amides is 1. The van der Waals surface area contributed by atoms with Gasteiger partial charge in [0.2, 0.25) is 0 Å². The van der Waals surface area contributed by atoms with Gasteiger partial charge >= 0.3 is 12.3 Å². The number of halogens is 3. The largest absolute Gasteiger partial charge is 0.444 e. The van der Waals surface area contributed by atoms with Gasteiger partial charge in [0, 0.05) is 38.8 Å². The normalized spacial score (nSPS) is 22.6. The molecule has 1 unspecified atom stereocenters. The van der Waals surface area contributed by atoms with Crippen LogP contribution in [-0.2, 0) is 4.74 Å².